The minimum atomic E-state index is -0.241. The third-order valence-corrected chi connectivity index (χ3v) is 6.54. The van der Waals surface area contributed by atoms with Crippen LogP contribution in [0.25, 0.3) is 16.9 Å². The summed E-state index contributed by atoms with van der Waals surface area (Å²) in [5.41, 5.74) is 5.00. The molecule has 4 rings (SSSR count). The fourth-order valence-corrected chi connectivity index (χ4v) is 4.48. The highest BCUT2D eigenvalue weighted by Gasteiger charge is 2.30. The van der Waals surface area contributed by atoms with Gasteiger partial charge < -0.3 is 4.90 Å². The summed E-state index contributed by atoms with van der Waals surface area (Å²) in [5, 5.41) is 2.98. The molecule has 6 nitrogen and oxygen atoms in total. The van der Waals surface area contributed by atoms with Crippen LogP contribution < -0.4 is 5.32 Å². The standard InChI is InChI=1S/C28H34N4O2/c1-19(2)31(27(34)23-7-5-6-8-23)18-26(33)30-28-29-25(22-13-9-20(3)10-14-22)17-32(28)24-15-11-21(4)12-16-24/h9-17,19,23H,5-8,18H2,1-4H3,(H,29,30,33). The molecule has 1 N–H and O–H groups in total. The summed E-state index contributed by atoms with van der Waals surface area (Å²) in [6.07, 6.45) is 5.95. The summed E-state index contributed by atoms with van der Waals surface area (Å²) < 4.78 is 1.89. The summed E-state index contributed by atoms with van der Waals surface area (Å²) in [5.74, 6) is 0.332. The van der Waals surface area contributed by atoms with Crippen molar-refractivity contribution in [3.05, 3.63) is 65.9 Å². The van der Waals surface area contributed by atoms with Crippen LogP contribution in [0, 0.1) is 19.8 Å². The Balaban J connectivity index is 1.60. The molecule has 2 aromatic carbocycles. The van der Waals surface area contributed by atoms with Gasteiger partial charge in [-0.25, -0.2) is 4.98 Å². The van der Waals surface area contributed by atoms with Gasteiger partial charge in [-0.05, 0) is 52.7 Å². The molecule has 1 aromatic heterocycles. The zero-order chi connectivity index (χ0) is 24.2. The Morgan fingerprint density at radius 3 is 2.18 bits per heavy atom. The Bertz CT molecular complexity index is 1140. The molecule has 0 aliphatic heterocycles. The maximum absolute atomic E-state index is 13.1. The Hall–Kier alpha value is -3.41. The van der Waals surface area contributed by atoms with Crippen LogP contribution in [0.1, 0.15) is 50.7 Å². The van der Waals surface area contributed by atoms with Gasteiger partial charge in [0.1, 0.15) is 6.54 Å². The minimum Gasteiger partial charge on any atom is -0.331 e. The number of anilines is 1. The fourth-order valence-electron chi connectivity index (χ4n) is 4.48. The first-order valence-corrected chi connectivity index (χ1v) is 12.2. The van der Waals surface area contributed by atoms with E-state index in [4.69, 9.17) is 4.98 Å². The lowest BCUT2D eigenvalue weighted by atomic mass is 10.1. The minimum absolute atomic E-state index is 0.0215. The molecule has 3 aromatic rings. The van der Waals surface area contributed by atoms with Gasteiger partial charge in [-0.15, -0.1) is 0 Å². The highest BCUT2D eigenvalue weighted by atomic mass is 16.2. The van der Waals surface area contributed by atoms with E-state index in [-0.39, 0.29) is 30.3 Å². The largest absolute Gasteiger partial charge is 0.331 e. The highest BCUT2D eigenvalue weighted by molar-refractivity contribution is 5.94. The van der Waals surface area contributed by atoms with Crippen LogP contribution in [-0.4, -0.2) is 38.9 Å². The van der Waals surface area contributed by atoms with Crippen LogP contribution >= 0.6 is 0 Å². The second-order valence-corrected chi connectivity index (χ2v) is 9.61. The molecule has 1 saturated carbocycles. The van der Waals surface area contributed by atoms with Crippen molar-refractivity contribution < 1.29 is 9.59 Å². The number of hydrogen-bond acceptors (Lipinski definition) is 3. The topological polar surface area (TPSA) is 67.2 Å². The number of benzene rings is 2. The van der Waals surface area contributed by atoms with E-state index < -0.39 is 0 Å². The van der Waals surface area contributed by atoms with Crippen molar-refractivity contribution in [2.75, 3.05) is 11.9 Å². The third kappa shape index (κ3) is 5.38. The summed E-state index contributed by atoms with van der Waals surface area (Å²) in [6, 6.07) is 16.2. The molecule has 0 radical (unpaired) electrons. The highest BCUT2D eigenvalue weighted by Crippen LogP contribution is 2.28. The number of aromatic nitrogens is 2. The van der Waals surface area contributed by atoms with Crippen LogP contribution in [0.5, 0.6) is 0 Å². The summed E-state index contributed by atoms with van der Waals surface area (Å²) in [4.78, 5) is 32.6. The SMILES string of the molecule is Cc1ccc(-c2cn(-c3ccc(C)cc3)c(NC(=O)CN(C(=O)C3CCCC3)C(C)C)n2)cc1. The molecule has 178 valence electrons. The predicted molar refractivity (Wildman–Crippen MR) is 136 cm³/mol. The molecule has 1 heterocycles. The van der Waals surface area contributed by atoms with Gasteiger partial charge in [0.15, 0.2) is 0 Å². The van der Waals surface area contributed by atoms with Crippen LogP contribution in [0.4, 0.5) is 5.95 Å². The average Bonchev–Trinajstić information content (AvgIpc) is 3.49. The van der Waals surface area contributed by atoms with E-state index in [0.29, 0.717) is 5.95 Å². The van der Waals surface area contributed by atoms with Gasteiger partial charge in [0, 0.05) is 29.4 Å². The molecule has 0 unspecified atom stereocenters. The number of nitrogens with zero attached hydrogens (tertiary/aromatic N) is 3. The lowest BCUT2D eigenvalue weighted by Gasteiger charge is -2.28. The van der Waals surface area contributed by atoms with Crippen molar-refractivity contribution in [3.8, 4) is 16.9 Å². The maximum atomic E-state index is 13.1. The molecular weight excluding hydrogens is 424 g/mol. The van der Waals surface area contributed by atoms with Crippen LogP contribution in [0.15, 0.2) is 54.7 Å². The van der Waals surface area contributed by atoms with Gasteiger partial charge in [-0.3, -0.25) is 19.5 Å². The molecule has 2 amide bonds. The molecule has 0 saturated heterocycles. The molecule has 6 heteroatoms. The van der Waals surface area contributed by atoms with E-state index in [0.717, 1.165) is 48.2 Å². The molecule has 0 bridgehead atoms. The van der Waals surface area contributed by atoms with Gasteiger partial charge in [0.25, 0.3) is 0 Å². The van der Waals surface area contributed by atoms with Gasteiger partial charge in [0.2, 0.25) is 17.8 Å². The number of nitrogens with one attached hydrogen (secondary N) is 1. The Morgan fingerprint density at radius 1 is 1.00 bits per heavy atom. The number of rotatable bonds is 7. The van der Waals surface area contributed by atoms with E-state index in [1.807, 2.05) is 87.0 Å². The Morgan fingerprint density at radius 2 is 1.59 bits per heavy atom. The normalized spacial score (nSPS) is 13.9. The lowest BCUT2D eigenvalue weighted by Crippen LogP contribution is -2.45. The Labute approximate surface area is 202 Å². The molecule has 0 atom stereocenters. The first-order chi connectivity index (χ1) is 16.3. The number of aryl methyl sites for hydroxylation is 2. The van der Waals surface area contributed by atoms with E-state index in [9.17, 15) is 9.59 Å². The van der Waals surface area contributed by atoms with Crippen molar-refractivity contribution in [1.29, 1.82) is 0 Å². The lowest BCUT2D eigenvalue weighted by molar-refractivity contribution is -0.140. The smallest absolute Gasteiger partial charge is 0.246 e. The number of amides is 2. The zero-order valence-electron chi connectivity index (χ0n) is 20.5. The van der Waals surface area contributed by atoms with Gasteiger partial charge in [0.05, 0.1) is 5.69 Å². The molecular formula is C28H34N4O2. The number of carbonyl (C=O) groups excluding carboxylic acids is 2. The van der Waals surface area contributed by atoms with Crippen molar-refractivity contribution in [1.82, 2.24) is 14.5 Å². The number of imidazole rings is 1. The summed E-state index contributed by atoms with van der Waals surface area (Å²) >= 11 is 0. The molecule has 1 aliphatic rings. The van der Waals surface area contributed by atoms with Crippen LogP contribution in [-0.2, 0) is 9.59 Å². The molecule has 1 aliphatic carbocycles. The summed E-state index contributed by atoms with van der Waals surface area (Å²) in [6.45, 7) is 8.03. The third-order valence-electron chi connectivity index (χ3n) is 6.54. The Kier molecular flexibility index (Phi) is 7.15. The quantitative estimate of drug-likeness (QED) is 0.507. The molecule has 1 fully saturated rings. The predicted octanol–water partition coefficient (Wildman–Crippen LogP) is 5.52. The number of hydrogen-bond donors (Lipinski definition) is 1. The second-order valence-electron chi connectivity index (χ2n) is 9.61. The van der Waals surface area contributed by atoms with Gasteiger partial charge in [-0.2, -0.15) is 0 Å². The van der Waals surface area contributed by atoms with Crippen molar-refractivity contribution >= 4 is 17.8 Å². The first-order valence-electron chi connectivity index (χ1n) is 12.2. The molecule has 34 heavy (non-hydrogen) atoms. The monoisotopic (exact) mass is 458 g/mol. The van der Waals surface area contributed by atoms with Gasteiger partial charge in [-0.1, -0.05) is 60.4 Å². The van der Waals surface area contributed by atoms with Crippen molar-refractivity contribution in [3.63, 3.8) is 0 Å². The summed E-state index contributed by atoms with van der Waals surface area (Å²) in [7, 11) is 0. The van der Waals surface area contributed by atoms with Crippen LogP contribution in [0.2, 0.25) is 0 Å². The van der Waals surface area contributed by atoms with E-state index in [1.165, 1.54) is 5.56 Å². The van der Waals surface area contributed by atoms with Crippen molar-refractivity contribution in [2.24, 2.45) is 5.92 Å². The van der Waals surface area contributed by atoms with Crippen molar-refractivity contribution in [2.45, 2.75) is 59.4 Å². The average molecular weight is 459 g/mol. The van der Waals surface area contributed by atoms with E-state index >= 15 is 0 Å². The zero-order valence-corrected chi connectivity index (χ0v) is 20.5. The van der Waals surface area contributed by atoms with Gasteiger partial charge >= 0.3 is 0 Å². The maximum Gasteiger partial charge on any atom is 0.246 e. The van der Waals surface area contributed by atoms with E-state index in [2.05, 4.69) is 5.32 Å². The number of carbonyl (C=O) groups is 2. The fraction of sp³-hybridized carbons (Fsp3) is 0.393. The molecule has 0 spiro atoms. The second kappa shape index (κ2) is 10.2. The van der Waals surface area contributed by atoms with E-state index in [1.54, 1.807) is 4.90 Å². The first kappa shape index (κ1) is 23.7. The van der Waals surface area contributed by atoms with Crippen LogP contribution in [0.3, 0.4) is 0 Å².